The van der Waals surface area contributed by atoms with Crippen molar-refractivity contribution in [2.24, 2.45) is 5.10 Å². The van der Waals surface area contributed by atoms with Crippen LogP contribution in [-0.4, -0.2) is 31.8 Å². The highest BCUT2D eigenvalue weighted by molar-refractivity contribution is 14.1. The van der Waals surface area contributed by atoms with Gasteiger partial charge in [0.1, 0.15) is 5.75 Å². The van der Waals surface area contributed by atoms with Gasteiger partial charge in [0.05, 0.1) is 20.5 Å². The summed E-state index contributed by atoms with van der Waals surface area (Å²) in [6.07, 6.45) is 1.53. The van der Waals surface area contributed by atoms with Gasteiger partial charge < -0.3 is 9.47 Å². The molecule has 0 aromatic heterocycles. The number of rotatable bonds is 6. The van der Waals surface area contributed by atoms with E-state index in [0.717, 1.165) is 12.7 Å². The van der Waals surface area contributed by atoms with Crippen LogP contribution in [0.2, 0.25) is 5.02 Å². The second-order valence-electron chi connectivity index (χ2n) is 4.88. The highest BCUT2D eigenvalue weighted by Gasteiger charge is 2.11. The van der Waals surface area contributed by atoms with Gasteiger partial charge in [-0.1, -0.05) is 11.6 Å². The summed E-state index contributed by atoms with van der Waals surface area (Å²) >= 11 is 10.0. The van der Waals surface area contributed by atoms with Crippen molar-refractivity contribution in [2.75, 3.05) is 13.7 Å². The number of carbonyl (C=O) groups is 2. The minimum Gasteiger partial charge on any atom is -0.480 e. The molecule has 6 nitrogen and oxygen atoms in total. The molecule has 0 unspecified atom stereocenters. The van der Waals surface area contributed by atoms with E-state index >= 15 is 0 Å². The van der Waals surface area contributed by atoms with Gasteiger partial charge in [0.25, 0.3) is 5.91 Å². The van der Waals surface area contributed by atoms with Crippen molar-refractivity contribution >= 4 is 74.9 Å². The van der Waals surface area contributed by atoms with E-state index in [0.29, 0.717) is 16.3 Å². The molecular weight excluding hydrogens is 585 g/mol. The smallest absolute Gasteiger partial charge is 0.343 e. The molecule has 1 N–H and O–H groups in total. The van der Waals surface area contributed by atoms with E-state index in [-0.39, 0.29) is 12.5 Å². The first kappa shape index (κ1) is 20.9. The maximum atomic E-state index is 12.0. The molecule has 9 heteroatoms. The second-order valence-corrected chi connectivity index (χ2v) is 7.65. The lowest BCUT2D eigenvalue weighted by Gasteiger charge is -2.10. The topological polar surface area (TPSA) is 77.0 Å². The standard InChI is InChI=1S/C17H13ClI2N2O4/c1-25-15(23)9-26-16-13(19)6-10(7-14(16)20)8-21-22-17(24)11-2-4-12(18)5-3-11/h2-8H,9H2,1H3,(H,22,24)/b21-8-. The Kier molecular flexibility index (Phi) is 8.10. The SMILES string of the molecule is COC(=O)COc1c(I)cc(/C=N\NC(=O)c2ccc(Cl)cc2)cc1I. The van der Waals surface area contributed by atoms with E-state index in [1.165, 1.54) is 13.3 Å². The van der Waals surface area contributed by atoms with Crippen LogP contribution in [0.5, 0.6) is 5.75 Å². The van der Waals surface area contributed by atoms with Crippen molar-refractivity contribution in [3.8, 4) is 5.75 Å². The van der Waals surface area contributed by atoms with Gasteiger partial charge >= 0.3 is 5.97 Å². The monoisotopic (exact) mass is 598 g/mol. The Morgan fingerprint density at radius 2 is 1.81 bits per heavy atom. The fraction of sp³-hybridized carbons (Fsp3) is 0.118. The van der Waals surface area contributed by atoms with Crippen LogP contribution in [0, 0.1) is 7.14 Å². The van der Waals surface area contributed by atoms with Gasteiger partial charge in [0.15, 0.2) is 6.61 Å². The van der Waals surface area contributed by atoms with Gasteiger partial charge in [0, 0.05) is 10.6 Å². The first-order chi connectivity index (χ1) is 12.4. The molecule has 26 heavy (non-hydrogen) atoms. The number of benzene rings is 2. The van der Waals surface area contributed by atoms with Crippen molar-refractivity contribution in [2.45, 2.75) is 0 Å². The first-order valence-corrected chi connectivity index (χ1v) is 9.72. The third-order valence-electron chi connectivity index (χ3n) is 3.07. The second kappa shape index (κ2) is 10.1. The van der Waals surface area contributed by atoms with Crippen LogP contribution in [0.25, 0.3) is 0 Å². The lowest BCUT2D eigenvalue weighted by atomic mass is 10.2. The summed E-state index contributed by atoms with van der Waals surface area (Å²) in [6.45, 7) is -0.160. The predicted molar refractivity (Wildman–Crippen MR) is 116 cm³/mol. The molecule has 0 saturated carbocycles. The van der Waals surface area contributed by atoms with Crippen LogP contribution < -0.4 is 10.2 Å². The van der Waals surface area contributed by atoms with Crippen LogP contribution in [-0.2, 0) is 9.53 Å². The molecule has 2 rings (SSSR count). The quantitative estimate of drug-likeness (QED) is 0.237. The molecule has 0 aliphatic heterocycles. The Morgan fingerprint density at radius 3 is 2.38 bits per heavy atom. The first-order valence-electron chi connectivity index (χ1n) is 7.18. The third kappa shape index (κ3) is 6.09. The lowest BCUT2D eigenvalue weighted by molar-refractivity contribution is -0.142. The Hall–Kier alpha value is -1.40. The van der Waals surface area contributed by atoms with E-state index in [1.807, 2.05) is 12.1 Å². The zero-order chi connectivity index (χ0) is 19.1. The van der Waals surface area contributed by atoms with E-state index in [4.69, 9.17) is 16.3 Å². The summed E-state index contributed by atoms with van der Waals surface area (Å²) in [5.74, 6) is -0.188. The zero-order valence-electron chi connectivity index (χ0n) is 13.5. The molecule has 0 aliphatic carbocycles. The summed E-state index contributed by atoms with van der Waals surface area (Å²) in [6, 6.07) is 10.2. The Morgan fingerprint density at radius 1 is 1.19 bits per heavy atom. The minimum absolute atomic E-state index is 0.160. The summed E-state index contributed by atoms with van der Waals surface area (Å²) in [4.78, 5) is 23.2. The highest BCUT2D eigenvalue weighted by Crippen LogP contribution is 2.28. The van der Waals surface area contributed by atoms with Gasteiger partial charge in [-0.15, -0.1) is 0 Å². The molecule has 2 aromatic carbocycles. The van der Waals surface area contributed by atoms with Crippen LogP contribution in [0.4, 0.5) is 0 Å². The number of halogens is 3. The van der Waals surface area contributed by atoms with E-state index in [2.05, 4.69) is 60.4 Å². The van der Waals surface area contributed by atoms with Gasteiger partial charge in [-0.2, -0.15) is 5.10 Å². The minimum atomic E-state index is -0.452. The number of hydrazone groups is 1. The zero-order valence-corrected chi connectivity index (χ0v) is 18.5. The van der Waals surface area contributed by atoms with Crippen LogP contribution in [0.1, 0.15) is 15.9 Å². The maximum absolute atomic E-state index is 12.0. The molecule has 0 atom stereocenters. The summed E-state index contributed by atoms with van der Waals surface area (Å²) in [5, 5.41) is 4.52. The largest absolute Gasteiger partial charge is 0.480 e. The summed E-state index contributed by atoms with van der Waals surface area (Å²) in [5.41, 5.74) is 3.70. The van der Waals surface area contributed by atoms with Crippen molar-refractivity contribution in [1.82, 2.24) is 5.43 Å². The van der Waals surface area contributed by atoms with Crippen LogP contribution in [0.3, 0.4) is 0 Å². The molecule has 0 fully saturated rings. The number of hydrogen-bond acceptors (Lipinski definition) is 5. The normalized spacial score (nSPS) is 10.6. The third-order valence-corrected chi connectivity index (χ3v) is 4.92. The number of nitrogens with zero attached hydrogens (tertiary/aromatic N) is 1. The molecular formula is C17H13ClI2N2O4. The number of methoxy groups -OCH3 is 1. The number of hydrogen-bond donors (Lipinski definition) is 1. The lowest BCUT2D eigenvalue weighted by Crippen LogP contribution is -2.17. The van der Waals surface area contributed by atoms with Crippen LogP contribution >= 0.6 is 56.8 Å². The van der Waals surface area contributed by atoms with E-state index in [9.17, 15) is 9.59 Å². The number of carbonyl (C=O) groups excluding carboxylic acids is 2. The Labute approximate surface area is 182 Å². The maximum Gasteiger partial charge on any atom is 0.343 e. The van der Waals surface area contributed by atoms with E-state index < -0.39 is 5.97 Å². The summed E-state index contributed by atoms with van der Waals surface area (Å²) in [7, 11) is 1.31. The van der Waals surface area contributed by atoms with Gasteiger partial charge in [-0.05, 0) is 87.1 Å². The number of amides is 1. The van der Waals surface area contributed by atoms with Crippen molar-refractivity contribution < 1.29 is 19.1 Å². The number of esters is 1. The predicted octanol–water partition coefficient (Wildman–Crippen LogP) is 3.86. The van der Waals surface area contributed by atoms with Crippen molar-refractivity contribution in [3.63, 3.8) is 0 Å². The van der Waals surface area contributed by atoms with Crippen LogP contribution in [0.15, 0.2) is 41.5 Å². The average Bonchev–Trinajstić information content (AvgIpc) is 2.61. The van der Waals surface area contributed by atoms with Gasteiger partial charge in [-0.25, -0.2) is 10.2 Å². The van der Waals surface area contributed by atoms with Crippen molar-refractivity contribution in [3.05, 3.63) is 59.7 Å². The fourth-order valence-electron chi connectivity index (χ4n) is 1.81. The molecule has 0 spiro atoms. The molecule has 1 amide bonds. The number of nitrogens with one attached hydrogen (secondary N) is 1. The molecule has 0 aliphatic rings. The molecule has 0 heterocycles. The molecule has 0 bridgehead atoms. The molecule has 0 saturated heterocycles. The van der Waals surface area contributed by atoms with E-state index in [1.54, 1.807) is 24.3 Å². The average molecular weight is 599 g/mol. The summed E-state index contributed by atoms with van der Waals surface area (Å²) < 4.78 is 11.6. The molecule has 2 aromatic rings. The molecule has 136 valence electrons. The van der Waals surface area contributed by atoms with Gasteiger partial charge in [0.2, 0.25) is 0 Å². The Balaban J connectivity index is 2.02. The number of ether oxygens (including phenoxy) is 2. The fourth-order valence-corrected chi connectivity index (χ4v) is 4.07. The van der Waals surface area contributed by atoms with Gasteiger partial charge in [-0.3, -0.25) is 4.79 Å². The van der Waals surface area contributed by atoms with Crippen molar-refractivity contribution in [1.29, 1.82) is 0 Å². The molecule has 0 radical (unpaired) electrons. The Bertz CT molecular complexity index is 818. The highest BCUT2D eigenvalue weighted by atomic mass is 127.